The molecule has 0 atom stereocenters. The van der Waals surface area contributed by atoms with Crippen molar-refractivity contribution >= 4 is 28.7 Å². The Morgan fingerprint density at radius 2 is 1.90 bits per heavy atom. The van der Waals surface area contributed by atoms with Gasteiger partial charge in [0, 0.05) is 12.2 Å². The number of rotatable bonds is 7. The van der Waals surface area contributed by atoms with E-state index >= 15 is 0 Å². The van der Waals surface area contributed by atoms with Gasteiger partial charge in [-0.15, -0.1) is 0 Å². The first kappa shape index (κ1) is 20.4. The Hall–Kier alpha value is -3.35. The van der Waals surface area contributed by atoms with Gasteiger partial charge in [0.25, 0.3) is 5.91 Å². The summed E-state index contributed by atoms with van der Waals surface area (Å²) in [6, 6.07) is 12.8. The van der Waals surface area contributed by atoms with Gasteiger partial charge in [-0.05, 0) is 36.1 Å². The maximum absolute atomic E-state index is 12.2. The van der Waals surface area contributed by atoms with Crippen LogP contribution in [0.4, 0.5) is 5.69 Å². The number of hydrogen-bond acceptors (Lipinski definition) is 5. The number of amides is 1. The van der Waals surface area contributed by atoms with Crippen LogP contribution in [0.25, 0.3) is 11.1 Å². The molecular weight excluding hydrogens is 372 g/mol. The van der Waals surface area contributed by atoms with Crippen molar-refractivity contribution in [3.63, 3.8) is 0 Å². The Labute approximate surface area is 168 Å². The second-order valence-electron chi connectivity index (χ2n) is 7.14. The molecule has 0 radical (unpaired) electrons. The zero-order valence-electron chi connectivity index (χ0n) is 16.7. The number of nitrogens with zero attached hydrogens (tertiary/aromatic N) is 1. The number of esters is 1. The molecule has 1 aromatic heterocycles. The van der Waals surface area contributed by atoms with Crippen LogP contribution in [0.3, 0.4) is 0 Å². The minimum absolute atomic E-state index is 0.0433. The third-order valence-electron chi connectivity index (χ3n) is 4.67. The van der Waals surface area contributed by atoms with Crippen molar-refractivity contribution in [2.24, 2.45) is 0 Å². The van der Waals surface area contributed by atoms with E-state index in [1.54, 1.807) is 24.3 Å². The van der Waals surface area contributed by atoms with Crippen molar-refractivity contribution in [2.45, 2.75) is 39.7 Å². The molecule has 0 aliphatic carbocycles. The SMILES string of the molecule is Cc1cccc(C(C)C)c1NC(=O)COC(=O)CCn1c(=O)oc2ccccc21. The molecule has 7 nitrogen and oxygen atoms in total. The van der Waals surface area contributed by atoms with E-state index in [4.69, 9.17) is 9.15 Å². The number of hydrogen-bond donors (Lipinski definition) is 1. The van der Waals surface area contributed by atoms with Gasteiger partial charge in [-0.2, -0.15) is 0 Å². The molecule has 0 fully saturated rings. The van der Waals surface area contributed by atoms with Crippen LogP contribution in [-0.4, -0.2) is 23.1 Å². The Kier molecular flexibility index (Phi) is 6.16. The third-order valence-corrected chi connectivity index (χ3v) is 4.67. The Balaban J connectivity index is 1.55. The van der Waals surface area contributed by atoms with Crippen molar-refractivity contribution in [1.82, 2.24) is 4.57 Å². The van der Waals surface area contributed by atoms with Gasteiger partial charge < -0.3 is 14.5 Å². The van der Waals surface area contributed by atoms with Crippen LogP contribution >= 0.6 is 0 Å². The fourth-order valence-corrected chi connectivity index (χ4v) is 3.16. The molecule has 0 unspecified atom stereocenters. The van der Waals surface area contributed by atoms with Crippen LogP contribution in [0.5, 0.6) is 0 Å². The zero-order chi connectivity index (χ0) is 21.0. The first-order valence-electron chi connectivity index (χ1n) is 9.50. The molecular formula is C22H24N2O5. The van der Waals surface area contributed by atoms with Gasteiger partial charge >= 0.3 is 11.7 Å². The molecule has 1 N–H and O–H groups in total. The molecule has 0 aliphatic rings. The number of benzene rings is 2. The number of carbonyl (C=O) groups excluding carboxylic acids is 2. The van der Waals surface area contributed by atoms with E-state index in [0.717, 1.165) is 16.8 Å². The standard InChI is InChI=1S/C22H24N2O5/c1-14(2)16-8-6-7-15(3)21(16)23-19(25)13-28-20(26)11-12-24-17-9-4-5-10-18(17)29-22(24)27/h4-10,14H,11-13H2,1-3H3,(H,23,25). The minimum Gasteiger partial charge on any atom is -0.456 e. The third kappa shape index (κ3) is 4.74. The smallest absolute Gasteiger partial charge is 0.419 e. The van der Waals surface area contributed by atoms with Gasteiger partial charge in [0.15, 0.2) is 12.2 Å². The second-order valence-corrected chi connectivity index (χ2v) is 7.14. The molecule has 7 heteroatoms. The topological polar surface area (TPSA) is 90.5 Å². The first-order valence-corrected chi connectivity index (χ1v) is 9.50. The number of aromatic nitrogens is 1. The molecule has 0 aliphatic heterocycles. The molecule has 0 spiro atoms. The predicted molar refractivity (Wildman–Crippen MR) is 110 cm³/mol. The fourth-order valence-electron chi connectivity index (χ4n) is 3.16. The van der Waals surface area contributed by atoms with Crippen molar-refractivity contribution < 1.29 is 18.7 Å². The van der Waals surface area contributed by atoms with Crippen molar-refractivity contribution in [3.8, 4) is 0 Å². The lowest BCUT2D eigenvalue weighted by molar-refractivity contribution is -0.147. The highest BCUT2D eigenvalue weighted by Crippen LogP contribution is 2.27. The molecule has 0 saturated heterocycles. The van der Waals surface area contributed by atoms with Gasteiger partial charge in [-0.3, -0.25) is 14.2 Å². The molecule has 3 aromatic rings. The number of fused-ring (bicyclic) bond motifs is 1. The van der Waals surface area contributed by atoms with E-state index in [0.29, 0.717) is 11.1 Å². The van der Waals surface area contributed by atoms with Crippen LogP contribution in [0, 0.1) is 6.92 Å². The predicted octanol–water partition coefficient (Wildman–Crippen LogP) is 3.60. The number of para-hydroxylation sites is 3. The minimum atomic E-state index is -0.564. The lowest BCUT2D eigenvalue weighted by Gasteiger charge is -2.16. The van der Waals surface area contributed by atoms with E-state index in [-0.39, 0.29) is 25.5 Å². The highest BCUT2D eigenvalue weighted by molar-refractivity contribution is 5.94. The summed E-state index contributed by atoms with van der Waals surface area (Å²) >= 11 is 0. The molecule has 2 aromatic carbocycles. The largest absolute Gasteiger partial charge is 0.456 e. The maximum atomic E-state index is 12.2. The number of oxazole rings is 1. The van der Waals surface area contributed by atoms with Crippen molar-refractivity contribution in [1.29, 1.82) is 0 Å². The van der Waals surface area contributed by atoms with E-state index in [1.807, 2.05) is 39.0 Å². The van der Waals surface area contributed by atoms with E-state index in [9.17, 15) is 14.4 Å². The number of carbonyl (C=O) groups is 2. The Morgan fingerprint density at radius 3 is 2.66 bits per heavy atom. The van der Waals surface area contributed by atoms with Crippen molar-refractivity contribution in [2.75, 3.05) is 11.9 Å². The van der Waals surface area contributed by atoms with E-state index in [1.165, 1.54) is 4.57 Å². The van der Waals surface area contributed by atoms with Crippen LogP contribution in [-0.2, 0) is 20.9 Å². The van der Waals surface area contributed by atoms with Crippen LogP contribution in [0.2, 0.25) is 0 Å². The molecule has 3 rings (SSSR count). The summed E-state index contributed by atoms with van der Waals surface area (Å²) in [7, 11) is 0. The summed E-state index contributed by atoms with van der Waals surface area (Å²) in [5.74, 6) is -1.25. The van der Waals surface area contributed by atoms with E-state index < -0.39 is 17.6 Å². The lowest BCUT2D eigenvalue weighted by Crippen LogP contribution is -2.23. The molecule has 0 saturated carbocycles. The summed E-state index contributed by atoms with van der Waals surface area (Å²) in [4.78, 5) is 36.2. The van der Waals surface area contributed by atoms with Gasteiger partial charge in [-0.25, -0.2) is 4.79 Å². The number of anilines is 1. The first-order chi connectivity index (χ1) is 13.9. The summed E-state index contributed by atoms with van der Waals surface area (Å²) in [6.45, 7) is 5.75. The highest BCUT2D eigenvalue weighted by Gasteiger charge is 2.15. The van der Waals surface area contributed by atoms with Gasteiger partial charge in [0.1, 0.15) is 0 Å². The molecule has 152 valence electrons. The average Bonchev–Trinajstić information content (AvgIpc) is 3.01. The second kappa shape index (κ2) is 8.77. The monoisotopic (exact) mass is 396 g/mol. The van der Waals surface area contributed by atoms with E-state index in [2.05, 4.69) is 5.32 Å². The summed E-state index contributed by atoms with van der Waals surface area (Å²) in [5, 5.41) is 2.83. The number of nitrogens with one attached hydrogen (secondary N) is 1. The van der Waals surface area contributed by atoms with Gasteiger partial charge in [0.2, 0.25) is 0 Å². The van der Waals surface area contributed by atoms with Gasteiger partial charge in [-0.1, -0.05) is 44.2 Å². The number of aryl methyl sites for hydroxylation is 2. The molecule has 0 bridgehead atoms. The molecule has 1 heterocycles. The normalized spacial score (nSPS) is 11.0. The molecule has 29 heavy (non-hydrogen) atoms. The maximum Gasteiger partial charge on any atom is 0.419 e. The zero-order valence-corrected chi connectivity index (χ0v) is 16.7. The summed E-state index contributed by atoms with van der Waals surface area (Å²) < 4.78 is 11.6. The fraction of sp³-hybridized carbons (Fsp3) is 0.318. The number of ether oxygens (including phenoxy) is 1. The van der Waals surface area contributed by atoms with Crippen LogP contribution in [0.15, 0.2) is 51.7 Å². The van der Waals surface area contributed by atoms with Crippen LogP contribution in [0.1, 0.15) is 37.3 Å². The Bertz CT molecular complexity index is 1090. The van der Waals surface area contributed by atoms with Crippen LogP contribution < -0.4 is 11.1 Å². The highest BCUT2D eigenvalue weighted by atomic mass is 16.5. The Morgan fingerprint density at radius 1 is 1.14 bits per heavy atom. The average molecular weight is 396 g/mol. The van der Waals surface area contributed by atoms with Gasteiger partial charge in [0.05, 0.1) is 11.9 Å². The quantitative estimate of drug-likeness (QED) is 0.616. The van der Waals surface area contributed by atoms with Crippen molar-refractivity contribution in [3.05, 3.63) is 64.1 Å². The summed E-state index contributed by atoms with van der Waals surface area (Å²) in [6.07, 6.45) is -0.0433. The molecule has 1 amide bonds. The lowest BCUT2D eigenvalue weighted by atomic mass is 9.98. The summed E-state index contributed by atoms with van der Waals surface area (Å²) in [5.41, 5.74) is 3.80.